The van der Waals surface area contributed by atoms with E-state index in [-0.39, 0.29) is 17.8 Å². The number of thiazole rings is 1. The molecule has 2 amide bonds. The Hall–Kier alpha value is -1.28. The van der Waals surface area contributed by atoms with Gasteiger partial charge in [-0.3, -0.25) is 10.1 Å². The van der Waals surface area contributed by atoms with E-state index in [0.29, 0.717) is 23.8 Å². The van der Waals surface area contributed by atoms with E-state index in [9.17, 15) is 9.59 Å². The second-order valence-corrected chi connectivity index (χ2v) is 10.2. The Labute approximate surface area is 182 Å². The first kappa shape index (κ1) is 22.4. The minimum atomic E-state index is -0.228. The number of carbonyl (C=O) groups is 2. The van der Waals surface area contributed by atoms with Crippen molar-refractivity contribution < 1.29 is 14.3 Å². The number of hydrogen-bond acceptors (Lipinski definition) is 6. The number of ether oxygens (including phenoxy) is 1. The summed E-state index contributed by atoms with van der Waals surface area (Å²) in [4.78, 5) is 31.3. The van der Waals surface area contributed by atoms with Gasteiger partial charge in [0, 0.05) is 12.1 Å². The largest absolute Gasteiger partial charge is 0.465 e. The third-order valence-electron chi connectivity index (χ3n) is 5.76. The first-order valence-corrected chi connectivity index (χ1v) is 12.8. The SMILES string of the molecule is CCOC(=O)CSc1cnc(NC(=O)N(C2CCCCCC2)C2CCCCC2)s1. The van der Waals surface area contributed by atoms with Gasteiger partial charge in [0.25, 0.3) is 0 Å². The summed E-state index contributed by atoms with van der Waals surface area (Å²) in [6.45, 7) is 2.19. The summed E-state index contributed by atoms with van der Waals surface area (Å²) in [6.07, 6.45) is 14.9. The maximum absolute atomic E-state index is 13.3. The first-order valence-electron chi connectivity index (χ1n) is 11.0. The third-order valence-corrected chi connectivity index (χ3v) is 7.84. The Morgan fingerprint density at radius 3 is 2.28 bits per heavy atom. The Morgan fingerprint density at radius 2 is 1.69 bits per heavy atom. The van der Waals surface area contributed by atoms with Crippen LogP contribution < -0.4 is 5.32 Å². The quantitative estimate of drug-likeness (QED) is 0.336. The number of esters is 1. The molecule has 1 heterocycles. The zero-order chi connectivity index (χ0) is 20.5. The molecule has 2 aliphatic carbocycles. The number of rotatable bonds is 7. The molecule has 0 unspecified atom stereocenters. The lowest BCUT2D eigenvalue weighted by molar-refractivity contribution is -0.139. The topological polar surface area (TPSA) is 71.5 Å². The molecule has 29 heavy (non-hydrogen) atoms. The van der Waals surface area contributed by atoms with Crippen LogP contribution in [-0.2, 0) is 9.53 Å². The van der Waals surface area contributed by atoms with Crippen LogP contribution in [0, 0.1) is 0 Å². The number of anilines is 1. The fourth-order valence-corrected chi connectivity index (χ4v) is 6.06. The van der Waals surface area contributed by atoms with Crippen molar-refractivity contribution in [1.29, 1.82) is 0 Å². The Morgan fingerprint density at radius 1 is 1.10 bits per heavy atom. The lowest BCUT2D eigenvalue weighted by atomic mass is 9.92. The molecule has 2 saturated carbocycles. The van der Waals surface area contributed by atoms with E-state index < -0.39 is 0 Å². The Kier molecular flexibility index (Phi) is 9.11. The van der Waals surface area contributed by atoms with Gasteiger partial charge in [0.2, 0.25) is 0 Å². The van der Waals surface area contributed by atoms with Gasteiger partial charge in [-0.2, -0.15) is 0 Å². The van der Waals surface area contributed by atoms with Gasteiger partial charge in [0.15, 0.2) is 5.13 Å². The molecule has 1 N–H and O–H groups in total. The maximum atomic E-state index is 13.3. The van der Waals surface area contributed by atoms with Gasteiger partial charge in [-0.25, -0.2) is 9.78 Å². The molecule has 2 aliphatic rings. The van der Waals surface area contributed by atoms with Crippen molar-refractivity contribution in [3.63, 3.8) is 0 Å². The highest BCUT2D eigenvalue weighted by molar-refractivity contribution is 8.01. The van der Waals surface area contributed by atoms with Crippen LogP contribution in [0.25, 0.3) is 0 Å². The summed E-state index contributed by atoms with van der Waals surface area (Å²) in [6, 6.07) is 0.697. The molecule has 6 nitrogen and oxygen atoms in total. The van der Waals surface area contributed by atoms with Crippen LogP contribution in [0.4, 0.5) is 9.93 Å². The van der Waals surface area contributed by atoms with Crippen molar-refractivity contribution in [3.05, 3.63) is 6.20 Å². The van der Waals surface area contributed by atoms with Gasteiger partial charge in [0.1, 0.15) is 0 Å². The van der Waals surface area contributed by atoms with E-state index in [1.54, 1.807) is 13.1 Å². The summed E-state index contributed by atoms with van der Waals surface area (Å²) >= 11 is 2.82. The maximum Gasteiger partial charge on any atom is 0.324 e. The molecule has 3 rings (SSSR count). The second-order valence-electron chi connectivity index (χ2n) is 7.85. The van der Waals surface area contributed by atoms with Crippen molar-refractivity contribution in [2.24, 2.45) is 0 Å². The van der Waals surface area contributed by atoms with E-state index in [2.05, 4.69) is 15.2 Å². The number of carbonyl (C=O) groups excluding carboxylic acids is 2. The van der Waals surface area contributed by atoms with Crippen molar-refractivity contribution >= 4 is 40.2 Å². The van der Waals surface area contributed by atoms with Crippen LogP contribution in [0.1, 0.15) is 77.6 Å². The van der Waals surface area contributed by atoms with Crippen molar-refractivity contribution in [1.82, 2.24) is 9.88 Å². The highest BCUT2D eigenvalue weighted by atomic mass is 32.2. The number of urea groups is 1. The summed E-state index contributed by atoms with van der Waals surface area (Å²) in [5, 5.41) is 3.66. The molecule has 0 aliphatic heterocycles. The number of nitrogens with one attached hydrogen (secondary N) is 1. The standard InChI is InChI=1S/C21H33N3O3S2/c1-2-27-18(25)15-28-19-14-22-20(29-19)23-21(26)24(17-12-8-5-9-13-17)16-10-6-3-4-7-11-16/h14,16-17H,2-13,15H2,1H3,(H,22,23,26). The predicted molar refractivity (Wildman–Crippen MR) is 119 cm³/mol. The van der Waals surface area contributed by atoms with Gasteiger partial charge < -0.3 is 9.64 Å². The summed E-state index contributed by atoms with van der Waals surface area (Å²) in [5.41, 5.74) is 0. The Balaban J connectivity index is 1.62. The van der Waals surface area contributed by atoms with Crippen LogP contribution in [0.15, 0.2) is 10.4 Å². The van der Waals surface area contributed by atoms with Crippen LogP contribution in [0.2, 0.25) is 0 Å². The fourth-order valence-electron chi connectivity index (χ4n) is 4.40. The number of amides is 2. The van der Waals surface area contributed by atoms with Crippen LogP contribution in [-0.4, -0.2) is 46.3 Å². The summed E-state index contributed by atoms with van der Waals surface area (Å²) in [5.74, 6) is 0.0352. The minimum Gasteiger partial charge on any atom is -0.465 e. The van der Waals surface area contributed by atoms with Gasteiger partial charge in [-0.05, 0) is 32.6 Å². The smallest absolute Gasteiger partial charge is 0.324 e. The molecule has 0 bridgehead atoms. The molecule has 0 atom stereocenters. The van der Waals surface area contributed by atoms with E-state index in [1.807, 2.05) is 0 Å². The lowest BCUT2D eigenvalue weighted by Crippen LogP contribution is -2.49. The molecule has 0 spiro atoms. The molecular weight excluding hydrogens is 406 g/mol. The molecule has 8 heteroatoms. The molecule has 0 saturated heterocycles. The highest BCUT2D eigenvalue weighted by Gasteiger charge is 2.32. The Bertz CT molecular complexity index is 653. The van der Waals surface area contributed by atoms with Gasteiger partial charge >= 0.3 is 12.0 Å². The first-order chi connectivity index (χ1) is 14.2. The highest BCUT2D eigenvalue weighted by Crippen LogP contribution is 2.32. The van der Waals surface area contributed by atoms with E-state index in [0.717, 1.165) is 29.9 Å². The van der Waals surface area contributed by atoms with Crippen LogP contribution in [0.5, 0.6) is 0 Å². The number of hydrogen-bond donors (Lipinski definition) is 1. The number of thioether (sulfide) groups is 1. The number of aromatic nitrogens is 1. The summed E-state index contributed by atoms with van der Waals surface area (Å²) in [7, 11) is 0. The zero-order valence-corrected chi connectivity index (χ0v) is 19.0. The van der Waals surface area contributed by atoms with Crippen molar-refractivity contribution in [2.75, 3.05) is 17.7 Å². The van der Waals surface area contributed by atoms with Gasteiger partial charge in [-0.1, -0.05) is 56.3 Å². The molecule has 0 aromatic carbocycles. The average molecular weight is 440 g/mol. The fraction of sp³-hybridized carbons (Fsp3) is 0.762. The molecule has 0 radical (unpaired) electrons. The normalized spacial score (nSPS) is 18.8. The van der Waals surface area contributed by atoms with E-state index >= 15 is 0 Å². The van der Waals surface area contributed by atoms with Crippen molar-refractivity contribution in [2.45, 2.75) is 93.8 Å². The monoisotopic (exact) mass is 439 g/mol. The minimum absolute atomic E-state index is 0.0000858. The van der Waals surface area contributed by atoms with E-state index in [4.69, 9.17) is 4.74 Å². The molecule has 1 aromatic rings. The average Bonchev–Trinajstić information content (AvgIpc) is 2.99. The zero-order valence-electron chi connectivity index (χ0n) is 17.4. The van der Waals surface area contributed by atoms with Gasteiger partial charge in [0.05, 0.1) is 22.8 Å². The third kappa shape index (κ3) is 6.88. The van der Waals surface area contributed by atoms with Crippen molar-refractivity contribution in [3.8, 4) is 0 Å². The number of nitrogens with zero attached hydrogens (tertiary/aromatic N) is 2. The van der Waals surface area contributed by atoms with E-state index in [1.165, 1.54) is 68.0 Å². The summed E-state index contributed by atoms with van der Waals surface area (Å²) < 4.78 is 5.87. The molecule has 1 aromatic heterocycles. The molecular formula is C21H33N3O3S2. The van der Waals surface area contributed by atoms with Crippen LogP contribution in [0.3, 0.4) is 0 Å². The predicted octanol–water partition coefficient (Wildman–Crippen LogP) is 5.69. The molecule has 2 fully saturated rings. The molecule has 162 valence electrons. The van der Waals surface area contributed by atoms with Crippen LogP contribution >= 0.6 is 23.1 Å². The van der Waals surface area contributed by atoms with Gasteiger partial charge in [-0.15, -0.1) is 11.8 Å². The second kappa shape index (κ2) is 11.8. The lowest BCUT2D eigenvalue weighted by Gasteiger charge is -2.39.